The van der Waals surface area contributed by atoms with Crippen molar-refractivity contribution in [3.05, 3.63) is 65.2 Å². The summed E-state index contributed by atoms with van der Waals surface area (Å²) in [5.41, 5.74) is 1.35. The Morgan fingerprint density at radius 1 is 1.25 bits per heavy atom. The van der Waals surface area contributed by atoms with Crippen LogP contribution in [-0.2, 0) is 6.54 Å². The van der Waals surface area contributed by atoms with E-state index in [1.807, 2.05) is 30.3 Å². The van der Waals surface area contributed by atoms with Gasteiger partial charge in [0.15, 0.2) is 0 Å². The number of hydrogen-bond donors (Lipinski definition) is 2. The van der Waals surface area contributed by atoms with Crippen LogP contribution in [-0.4, -0.2) is 34.4 Å². The van der Waals surface area contributed by atoms with E-state index in [1.165, 1.54) is 10.9 Å². The Balaban J connectivity index is 1.67. The van der Waals surface area contributed by atoms with E-state index in [2.05, 4.69) is 10.3 Å². The number of benzene rings is 2. The molecule has 3 rings (SSSR count). The molecule has 0 spiro atoms. The normalized spacial score (nSPS) is 12.1. The van der Waals surface area contributed by atoms with Crippen LogP contribution < -0.4 is 15.6 Å². The fraction of sp³-hybridized carbons (Fsp3) is 0.222. The quantitative estimate of drug-likeness (QED) is 0.724. The minimum Gasteiger partial charge on any atom is -0.497 e. The molecule has 124 valence electrons. The number of anilines is 1. The molecule has 1 aromatic heterocycles. The Morgan fingerprint density at radius 2 is 2.08 bits per heavy atom. The molecule has 0 aliphatic heterocycles. The van der Waals surface area contributed by atoms with Crippen LogP contribution in [0, 0.1) is 0 Å². The smallest absolute Gasteiger partial charge is 0.261 e. The molecule has 3 aromatic rings. The fourth-order valence-electron chi connectivity index (χ4n) is 2.50. The molecule has 0 saturated heterocycles. The van der Waals surface area contributed by atoms with Crippen molar-refractivity contribution in [2.24, 2.45) is 0 Å². The van der Waals surface area contributed by atoms with Gasteiger partial charge in [-0.05, 0) is 24.3 Å². The van der Waals surface area contributed by atoms with E-state index in [-0.39, 0.29) is 12.1 Å². The number of nitrogens with one attached hydrogen (secondary N) is 1. The molecule has 2 N–H and O–H groups in total. The number of methoxy groups -OCH3 is 1. The Hall–Kier alpha value is -2.86. The van der Waals surface area contributed by atoms with Crippen molar-refractivity contribution >= 4 is 16.6 Å². The van der Waals surface area contributed by atoms with E-state index >= 15 is 0 Å². The van der Waals surface area contributed by atoms with Gasteiger partial charge >= 0.3 is 0 Å². The number of ether oxygens (including phenoxy) is 1. The predicted molar refractivity (Wildman–Crippen MR) is 93.5 cm³/mol. The first-order chi connectivity index (χ1) is 11.7. The Morgan fingerprint density at radius 3 is 2.92 bits per heavy atom. The number of aromatic nitrogens is 2. The zero-order valence-corrected chi connectivity index (χ0v) is 13.3. The summed E-state index contributed by atoms with van der Waals surface area (Å²) in [5, 5.41) is 13.9. The lowest BCUT2D eigenvalue weighted by atomic mass is 10.2. The number of para-hydroxylation sites is 1. The lowest BCUT2D eigenvalue weighted by molar-refractivity contribution is 0.165. The van der Waals surface area contributed by atoms with Gasteiger partial charge in [0, 0.05) is 18.3 Å². The van der Waals surface area contributed by atoms with Crippen LogP contribution in [0.1, 0.15) is 0 Å². The molecular formula is C18H19N3O3. The number of hydrogen-bond acceptors (Lipinski definition) is 5. The molecule has 1 atom stereocenters. The zero-order valence-electron chi connectivity index (χ0n) is 13.3. The minimum absolute atomic E-state index is 0.152. The van der Waals surface area contributed by atoms with Gasteiger partial charge in [0.05, 0.1) is 37.0 Å². The summed E-state index contributed by atoms with van der Waals surface area (Å²) < 4.78 is 6.59. The number of fused-ring (bicyclic) bond motifs is 1. The van der Waals surface area contributed by atoms with Crippen molar-refractivity contribution in [2.45, 2.75) is 12.6 Å². The molecule has 0 saturated carbocycles. The van der Waals surface area contributed by atoms with E-state index in [0.717, 1.165) is 11.4 Å². The number of aliphatic hydroxyl groups excluding tert-OH is 1. The molecule has 1 heterocycles. The highest BCUT2D eigenvalue weighted by atomic mass is 16.5. The first-order valence-corrected chi connectivity index (χ1v) is 7.67. The summed E-state index contributed by atoms with van der Waals surface area (Å²) >= 11 is 0. The summed E-state index contributed by atoms with van der Waals surface area (Å²) in [6.07, 6.45) is 0.747. The second-order valence-electron chi connectivity index (χ2n) is 5.49. The van der Waals surface area contributed by atoms with Crippen molar-refractivity contribution in [2.75, 3.05) is 19.0 Å². The standard InChI is InChI=1S/C18H19N3O3/c1-24-15-6-4-5-13(9-15)19-10-14(22)11-21-12-20-17-8-3-2-7-16(17)18(21)23/h2-9,12,14,19,22H,10-11H2,1H3/t14-/m1/s1. The predicted octanol–water partition coefficient (Wildman–Crippen LogP) is 1.88. The summed E-state index contributed by atoms with van der Waals surface area (Å²) in [5.74, 6) is 0.740. The van der Waals surface area contributed by atoms with E-state index < -0.39 is 6.10 Å². The molecule has 0 aliphatic rings. The Kier molecular flexibility index (Phi) is 4.77. The molecule has 2 aromatic carbocycles. The molecule has 6 heteroatoms. The lowest BCUT2D eigenvalue weighted by Gasteiger charge is -2.15. The van der Waals surface area contributed by atoms with Gasteiger partial charge in [0.1, 0.15) is 5.75 Å². The molecule has 0 bridgehead atoms. The maximum atomic E-state index is 12.4. The van der Waals surface area contributed by atoms with Crippen molar-refractivity contribution in [3.8, 4) is 5.75 Å². The van der Waals surface area contributed by atoms with Crippen molar-refractivity contribution in [1.29, 1.82) is 0 Å². The van der Waals surface area contributed by atoms with Gasteiger partial charge in [0.25, 0.3) is 5.56 Å². The zero-order chi connectivity index (χ0) is 16.9. The van der Waals surface area contributed by atoms with Crippen molar-refractivity contribution in [3.63, 3.8) is 0 Å². The molecular weight excluding hydrogens is 306 g/mol. The summed E-state index contributed by atoms with van der Waals surface area (Å²) in [7, 11) is 1.60. The van der Waals surface area contributed by atoms with Crippen LogP contribution >= 0.6 is 0 Å². The summed E-state index contributed by atoms with van der Waals surface area (Å²) in [6, 6.07) is 14.6. The third kappa shape index (κ3) is 3.55. The van der Waals surface area contributed by atoms with Crippen LogP contribution in [0.25, 0.3) is 10.9 Å². The summed E-state index contributed by atoms with van der Waals surface area (Å²) in [6.45, 7) is 0.486. The Labute approximate surface area is 139 Å². The van der Waals surface area contributed by atoms with Gasteiger partial charge in [-0.2, -0.15) is 0 Å². The van der Waals surface area contributed by atoms with Gasteiger partial charge in [-0.3, -0.25) is 9.36 Å². The molecule has 6 nitrogen and oxygen atoms in total. The van der Waals surface area contributed by atoms with Gasteiger partial charge in [-0.1, -0.05) is 18.2 Å². The summed E-state index contributed by atoms with van der Waals surface area (Å²) in [4.78, 5) is 16.6. The van der Waals surface area contributed by atoms with E-state index in [9.17, 15) is 9.90 Å². The third-order valence-electron chi connectivity index (χ3n) is 3.75. The maximum Gasteiger partial charge on any atom is 0.261 e. The average molecular weight is 325 g/mol. The van der Waals surface area contributed by atoms with Crippen LogP contribution in [0.4, 0.5) is 5.69 Å². The van der Waals surface area contributed by atoms with Crippen LogP contribution in [0.3, 0.4) is 0 Å². The SMILES string of the molecule is COc1cccc(NC[C@@H](O)Cn2cnc3ccccc3c2=O)c1. The van der Waals surface area contributed by atoms with Crippen LogP contribution in [0.15, 0.2) is 59.7 Å². The lowest BCUT2D eigenvalue weighted by Crippen LogP contribution is -2.31. The molecule has 0 fully saturated rings. The van der Waals surface area contributed by atoms with E-state index in [4.69, 9.17) is 4.74 Å². The van der Waals surface area contributed by atoms with E-state index in [0.29, 0.717) is 17.4 Å². The second-order valence-corrected chi connectivity index (χ2v) is 5.49. The van der Waals surface area contributed by atoms with Crippen molar-refractivity contribution in [1.82, 2.24) is 9.55 Å². The molecule has 0 radical (unpaired) electrons. The number of aliphatic hydroxyl groups is 1. The van der Waals surface area contributed by atoms with Gasteiger partial charge in [-0.25, -0.2) is 4.98 Å². The average Bonchev–Trinajstić information content (AvgIpc) is 2.63. The molecule has 0 unspecified atom stereocenters. The molecule has 0 amide bonds. The highest BCUT2D eigenvalue weighted by Crippen LogP contribution is 2.16. The maximum absolute atomic E-state index is 12.4. The minimum atomic E-state index is -0.725. The number of nitrogens with zero attached hydrogens (tertiary/aromatic N) is 2. The Bertz CT molecular complexity index is 892. The van der Waals surface area contributed by atoms with Crippen LogP contribution in [0.5, 0.6) is 5.75 Å². The largest absolute Gasteiger partial charge is 0.497 e. The first kappa shape index (κ1) is 16.0. The third-order valence-corrected chi connectivity index (χ3v) is 3.75. The number of rotatable bonds is 6. The second kappa shape index (κ2) is 7.14. The monoisotopic (exact) mass is 325 g/mol. The highest BCUT2D eigenvalue weighted by molar-refractivity contribution is 5.76. The van der Waals surface area contributed by atoms with Gasteiger partial charge in [-0.15, -0.1) is 0 Å². The van der Waals surface area contributed by atoms with Crippen LogP contribution in [0.2, 0.25) is 0 Å². The van der Waals surface area contributed by atoms with Gasteiger partial charge in [0.2, 0.25) is 0 Å². The topological polar surface area (TPSA) is 76.4 Å². The van der Waals surface area contributed by atoms with E-state index in [1.54, 1.807) is 25.3 Å². The van der Waals surface area contributed by atoms with Gasteiger partial charge < -0.3 is 15.2 Å². The highest BCUT2D eigenvalue weighted by Gasteiger charge is 2.09. The molecule has 0 aliphatic carbocycles. The van der Waals surface area contributed by atoms with Crippen molar-refractivity contribution < 1.29 is 9.84 Å². The molecule has 24 heavy (non-hydrogen) atoms. The fourth-order valence-corrected chi connectivity index (χ4v) is 2.50. The first-order valence-electron chi connectivity index (χ1n) is 7.67.